The lowest BCUT2D eigenvalue weighted by atomic mass is 10.1. The number of carbonyl (C=O) groups is 1. The van der Waals surface area contributed by atoms with Crippen molar-refractivity contribution in [3.63, 3.8) is 0 Å². The van der Waals surface area contributed by atoms with Crippen molar-refractivity contribution < 1.29 is 9.53 Å². The van der Waals surface area contributed by atoms with Crippen LogP contribution in [0.4, 0.5) is 5.69 Å². The van der Waals surface area contributed by atoms with Crippen molar-refractivity contribution in [2.45, 2.75) is 6.42 Å². The molecular weight excluding hydrogens is 266 g/mol. The van der Waals surface area contributed by atoms with E-state index >= 15 is 0 Å². The lowest BCUT2D eigenvalue weighted by molar-refractivity contribution is 0.0701. The average molecular weight is 282 g/mol. The molecular formula is C13H16ClN3O2. The van der Waals surface area contributed by atoms with E-state index < -0.39 is 0 Å². The fourth-order valence-electron chi connectivity index (χ4n) is 1.60. The number of nitrogen functional groups attached to an aromatic ring is 1. The van der Waals surface area contributed by atoms with Gasteiger partial charge in [-0.15, -0.1) is 0 Å². The monoisotopic (exact) mass is 281 g/mol. The maximum atomic E-state index is 12.3. The molecule has 0 saturated carbocycles. The van der Waals surface area contributed by atoms with Crippen LogP contribution >= 0.6 is 11.6 Å². The van der Waals surface area contributed by atoms with Gasteiger partial charge in [0.1, 0.15) is 0 Å². The summed E-state index contributed by atoms with van der Waals surface area (Å²) < 4.78 is 4.96. The molecule has 0 aromatic heterocycles. The van der Waals surface area contributed by atoms with Crippen molar-refractivity contribution in [1.29, 1.82) is 5.26 Å². The number of nitrogens with zero attached hydrogens (tertiary/aromatic N) is 2. The van der Waals surface area contributed by atoms with Gasteiger partial charge in [0.25, 0.3) is 5.91 Å². The minimum Gasteiger partial charge on any atom is -0.398 e. The molecule has 1 amide bonds. The summed E-state index contributed by atoms with van der Waals surface area (Å²) in [6.07, 6.45) is 0.267. The van der Waals surface area contributed by atoms with Gasteiger partial charge in [0.05, 0.1) is 24.7 Å². The Morgan fingerprint density at radius 1 is 1.53 bits per heavy atom. The summed E-state index contributed by atoms with van der Waals surface area (Å²) in [7, 11) is 1.56. The largest absolute Gasteiger partial charge is 0.398 e. The smallest absolute Gasteiger partial charge is 0.256 e. The zero-order valence-corrected chi connectivity index (χ0v) is 11.5. The molecule has 5 nitrogen and oxygen atoms in total. The number of benzene rings is 1. The van der Waals surface area contributed by atoms with Crippen LogP contribution in [-0.2, 0) is 4.74 Å². The second-order valence-corrected chi connectivity index (χ2v) is 4.36. The minimum absolute atomic E-state index is 0.221. The van der Waals surface area contributed by atoms with E-state index in [1.807, 2.05) is 6.07 Å². The first kappa shape index (κ1) is 15.3. The Bertz CT molecular complexity index is 485. The summed E-state index contributed by atoms with van der Waals surface area (Å²) in [5.74, 6) is -0.221. The highest BCUT2D eigenvalue weighted by Crippen LogP contribution is 2.19. The third kappa shape index (κ3) is 4.43. The number of hydrogen-bond acceptors (Lipinski definition) is 4. The van der Waals surface area contributed by atoms with E-state index in [2.05, 4.69) is 0 Å². The van der Waals surface area contributed by atoms with Gasteiger partial charge in [0, 0.05) is 30.9 Å². The highest BCUT2D eigenvalue weighted by atomic mass is 35.5. The molecule has 1 rings (SSSR count). The summed E-state index contributed by atoms with van der Waals surface area (Å²) in [6, 6.07) is 6.76. The molecule has 0 spiro atoms. The van der Waals surface area contributed by atoms with E-state index in [4.69, 9.17) is 27.3 Å². The van der Waals surface area contributed by atoms with Gasteiger partial charge in [-0.05, 0) is 18.2 Å². The summed E-state index contributed by atoms with van der Waals surface area (Å²) in [4.78, 5) is 13.9. The van der Waals surface area contributed by atoms with Crippen molar-refractivity contribution in [3.05, 3.63) is 28.8 Å². The topological polar surface area (TPSA) is 79.3 Å². The van der Waals surface area contributed by atoms with Crippen molar-refractivity contribution >= 4 is 23.2 Å². The Balaban J connectivity index is 2.88. The predicted molar refractivity (Wildman–Crippen MR) is 73.9 cm³/mol. The second-order valence-electron chi connectivity index (χ2n) is 3.92. The number of anilines is 1. The van der Waals surface area contributed by atoms with Crippen LogP contribution in [0.1, 0.15) is 16.8 Å². The van der Waals surface area contributed by atoms with Crippen LogP contribution in [-0.4, -0.2) is 37.6 Å². The first-order valence-electron chi connectivity index (χ1n) is 5.80. The molecule has 0 bridgehead atoms. The average Bonchev–Trinajstić information content (AvgIpc) is 2.38. The molecule has 2 N–H and O–H groups in total. The first-order chi connectivity index (χ1) is 9.10. The molecule has 0 aliphatic rings. The molecule has 0 saturated heterocycles. The normalized spacial score (nSPS) is 9.95. The van der Waals surface area contributed by atoms with Crippen LogP contribution in [0.2, 0.25) is 5.02 Å². The Kier molecular flexibility index (Phi) is 6.13. The van der Waals surface area contributed by atoms with Crippen LogP contribution in [0.25, 0.3) is 0 Å². The van der Waals surface area contributed by atoms with Gasteiger partial charge in [-0.2, -0.15) is 5.26 Å². The zero-order chi connectivity index (χ0) is 14.3. The van der Waals surface area contributed by atoms with Gasteiger partial charge in [0.15, 0.2) is 0 Å². The van der Waals surface area contributed by atoms with E-state index in [1.165, 1.54) is 6.07 Å². The SMILES string of the molecule is COCCN(CCC#N)C(=O)c1ccc(Cl)cc1N. The van der Waals surface area contributed by atoms with Gasteiger partial charge in [-0.25, -0.2) is 0 Å². The molecule has 0 atom stereocenters. The van der Waals surface area contributed by atoms with Crippen molar-refractivity contribution in [2.75, 3.05) is 32.5 Å². The Morgan fingerprint density at radius 2 is 2.26 bits per heavy atom. The van der Waals surface area contributed by atoms with Crippen LogP contribution < -0.4 is 5.73 Å². The standard InChI is InChI=1S/C13H16ClN3O2/c1-19-8-7-17(6-2-5-15)13(18)11-4-3-10(14)9-12(11)16/h3-4,9H,2,6-8,16H2,1H3. The third-order valence-corrected chi connectivity index (χ3v) is 2.83. The summed E-state index contributed by atoms with van der Waals surface area (Å²) >= 11 is 5.80. The Labute approximate surface area is 117 Å². The molecule has 0 unspecified atom stereocenters. The lowest BCUT2D eigenvalue weighted by Gasteiger charge is -2.22. The number of methoxy groups -OCH3 is 1. The van der Waals surface area contributed by atoms with Gasteiger partial charge in [-0.3, -0.25) is 4.79 Å². The Hall–Kier alpha value is -1.77. The van der Waals surface area contributed by atoms with E-state index in [0.717, 1.165) is 0 Å². The van der Waals surface area contributed by atoms with Crippen LogP contribution in [0.15, 0.2) is 18.2 Å². The van der Waals surface area contributed by atoms with E-state index in [1.54, 1.807) is 24.1 Å². The Morgan fingerprint density at radius 3 is 2.84 bits per heavy atom. The van der Waals surface area contributed by atoms with Crippen LogP contribution in [0.3, 0.4) is 0 Å². The van der Waals surface area contributed by atoms with Crippen LogP contribution in [0, 0.1) is 11.3 Å². The summed E-state index contributed by atoms with van der Waals surface area (Å²) in [6.45, 7) is 1.17. The summed E-state index contributed by atoms with van der Waals surface area (Å²) in [5, 5.41) is 9.10. The molecule has 0 aliphatic heterocycles. The molecule has 0 fully saturated rings. The third-order valence-electron chi connectivity index (χ3n) is 2.59. The molecule has 6 heteroatoms. The number of halogens is 1. The maximum Gasteiger partial charge on any atom is 0.256 e. The van der Waals surface area contributed by atoms with Gasteiger partial charge >= 0.3 is 0 Å². The quantitative estimate of drug-likeness (QED) is 0.808. The highest BCUT2D eigenvalue weighted by molar-refractivity contribution is 6.31. The van der Waals surface area contributed by atoms with Crippen molar-refractivity contribution in [2.24, 2.45) is 0 Å². The number of nitrogens with two attached hydrogens (primary N) is 1. The van der Waals surface area contributed by atoms with E-state index in [-0.39, 0.29) is 12.3 Å². The number of ether oxygens (including phenoxy) is 1. The highest BCUT2D eigenvalue weighted by Gasteiger charge is 2.17. The fourth-order valence-corrected chi connectivity index (χ4v) is 1.78. The molecule has 0 aliphatic carbocycles. The molecule has 1 aromatic rings. The maximum absolute atomic E-state index is 12.3. The minimum atomic E-state index is -0.221. The van der Waals surface area contributed by atoms with Gasteiger partial charge < -0.3 is 15.4 Å². The van der Waals surface area contributed by atoms with Crippen LogP contribution in [0.5, 0.6) is 0 Å². The second kappa shape index (κ2) is 7.62. The van der Waals surface area contributed by atoms with E-state index in [0.29, 0.717) is 36.0 Å². The molecule has 19 heavy (non-hydrogen) atoms. The molecule has 0 radical (unpaired) electrons. The zero-order valence-electron chi connectivity index (χ0n) is 10.7. The fraction of sp³-hybridized carbons (Fsp3) is 0.385. The number of rotatable bonds is 6. The predicted octanol–water partition coefficient (Wildman–Crippen LogP) is 1.92. The molecule has 102 valence electrons. The van der Waals surface area contributed by atoms with Crippen molar-refractivity contribution in [1.82, 2.24) is 4.90 Å². The molecule has 0 heterocycles. The lowest BCUT2D eigenvalue weighted by Crippen LogP contribution is -2.35. The number of nitriles is 1. The van der Waals surface area contributed by atoms with Gasteiger partial charge in [-0.1, -0.05) is 11.6 Å². The number of hydrogen-bond donors (Lipinski definition) is 1. The first-order valence-corrected chi connectivity index (χ1v) is 6.18. The summed E-state index contributed by atoms with van der Waals surface area (Å²) in [5.41, 5.74) is 6.51. The number of amides is 1. The molecule has 1 aromatic carbocycles. The van der Waals surface area contributed by atoms with E-state index in [9.17, 15) is 4.79 Å². The van der Waals surface area contributed by atoms with Gasteiger partial charge in [0.2, 0.25) is 0 Å². The number of carbonyl (C=O) groups excluding carboxylic acids is 1. The van der Waals surface area contributed by atoms with Crippen molar-refractivity contribution in [3.8, 4) is 6.07 Å².